The van der Waals surface area contributed by atoms with Crippen LogP contribution in [-0.4, -0.2) is 33.4 Å². The molecular weight excluding hydrogens is 306 g/mol. The van der Waals surface area contributed by atoms with E-state index in [1.807, 2.05) is 23.6 Å². The zero-order chi connectivity index (χ0) is 15.8. The fraction of sp³-hybridized carbons (Fsp3) is 0.556. The maximum absolute atomic E-state index is 12.9. The number of hydrogen-bond donors (Lipinski definition) is 0. The van der Waals surface area contributed by atoms with Crippen molar-refractivity contribution in [2.45, 2.75) is 45.1 Å². The number of fused-ring (bicyclic) bond motifs is 1. The number of carbonyl (C=O) groups is 1. The molecule has 1 fully saturated rings. The SMILES string of the molecule is C[C@H]1CCc2sc(C(=O)N3CCC[C@H](n4ccnc4)C3)cc2C1. The highest BCUT2D eigenvalue weighted by molar-refractivity contribution is 7.14. The largest absolute Gasteiger partial charge is 0.336 e. The van der Waals surface area contributed by atoms with Crippen LogP contribution >= 0.6 is 11.3 Å². The van der Waals surface area contributed by atoms with Crippen LogP contribution in [0.1, 0.15) is 52.3 Å². The summed E-state index contributed by atoms with van der Waals surface area (Å²) >= 11 is 1.73. The van der Waals surface area contributed by atoms with E-state index in [-0.39, 0.29) is 5.91 Å². The summed E-state index contributed by atoms with van der Waals surface area (Å²) in [6.45, 7) is 3.99. The lowest BCUT2D eigenvalue weighted by Gasteiger charge is -2.33. The second-order valence-electron chi connectivity index (χ2n) is 6.96. The number of amides is 1. The number of likely N-dealkylation sites (tertiary alicyclic amines) is 1. The first-order valence-electron chi connectivity index (χ1n) is 8.59. The zero-order valence-electron chi connectivity index (χ0n) is 13.6. The van der Waals surface area contributed by atoms with Crippen LogP contribution in [0.4, 0.5) is 0 Å². The summed E-state index contributed by atoms with van der Waals surface area (Å²) in [6.07, 6.45) is 11.4. The van der Waals surface area contributed by atoms with E-state index in [2.05, 4.69) is 22.5 Å². The molecule has 1 amide bonds. The second-order valence-corrected chi connectivity index (χ2v) is 8.10. The molecule has 1 aliphatic heterocycles. The Labute approximate surface area is 141 Å². The highest BCUT2D eigenvalue weighted by Gasteiger charge is 2.28. The van der Waals surface area contributed by atoms with E-state index in [9.17, 15) is 4.79 Å². The van der Waals surface area contributed by atoms with Crippen molar-refractivity contribution in [2.24, 2.45) is 5.92 Å². The Morgan fingerprint density at radius 1 is 1.39 bits per heavy atom. The molecule has 0 unspecified atom stereocenters. The van der Waals surface area contributed by atoms with Gasteiger partial charge in [0.05, 0.1) is 17.2 Å². The van der Waals surface area contributed by atoms with E-state index in [1.165, 1.54) is 16.9 Å². The van der Waals surface area contributed by atoms with Gasteiger partial charge in [0.25, 0.3) is 5.91 Å². The van der Waals surface area contributed by atoms with Crippen molar-refractivity contribution in [2.75, 3.05) is 13.1 Å². The Morgan fingerprint density at radius 2 is 2.30 bits per heavy atom. The predicted molar refractivity (Wildman–Crippen MR) is 91.9 cm³/mol. The number of nitrogens with zero attached hydrogens (tertiary/aromatic N) is 3. The first-order chi connectivity index (χ1) is 11.2. The smallest absolute Gasteiger partial charge is 0.264 e. The number of aromatic nitrogens is 2. The third-order valence-electron chi connectivity index (χ3n) is 5.17. The molecule has 0 spiro atoms. The lowest BCUT2D eigenvalue weighted by molar-refractivity contribution is 0.0684. The fourth-order valence-corrected chi connectivity index (χ4v) is 5.01. The molecule has 2 atom stereocenters. The van der Waals surface area contributed by atoms with Gasteiger partial charge in [0.1, 0.15) is 0 Å². The Balaban J connectivity index is 1.50. The molecule has 1 aliphatic carbocycles. The van der Waals surface area contributed by atoms with E-state index in [4.69, 9.17) is 0 Å². The second kappa shape index (κ2) is 6.11. The van der Waals surface area contributed by atoms with Crippen LogP contribution in [0.25, 0.3) is 0 Å². The number of rotatable bonds is 2. The molecule has 2 aromatic rings. The minimum Gasteiger partial charge on any atom is -0.336 e. The molecule has 0 bridgehead atoms. The van der Waals surface area contributed by atoms with Gasteiger partial charge in [0, 0.05) is 30.4 Å². The maximum atomic E-state index is 12.9. The van der Waals surface area contributed by atoms with Crippen LogP contribution in [-0.2, 0) is 12.8 Å². The first-order valence-corrected chi connectivity index (χ1v) is 9.40. The highest BCUT2D eigenvalue weighted by Crippen LogP contribution is 2.33. The Morgan fingerprint density at radius 3 is 3.13 bits per heavy atom. The van der Waals surface area contributed by atoms with Crippen molar-refractivity contribution in [1.82, 2.24) is 14.5 Å². The van der Waals surface area contributed by atoms with Crippen molar-refractivity contribution in [1.29, 1.82) is 0 Å². The summed E-state index contributed by atoms with van der Waals surface area (Å²) in [5.74, 6) is 0.975. The van der Waals surface area contributed by atoms with Gasteiger partial charge >= 0.3 is 0 Å². The van der Waals surface area contributed by atoms with Gasteiger partial charge in [-0.15, -0.1) is 11.3 Å². The van der Waals surface area contributed by atoms with Crippen molar-refractivity contribution < 1.29 is 4.79 Å². The predicted octanol–water partition coefficient (Wildman–Crippen LogP) is 3.55. The van der Waals surface area contributed by atoms with E-state index in [0.717, 1.165) is 49.6 Å². The number of carbonyl (C=O) groups excluding carboxylic acids is 1. The van der Waals surface area contributed by atoms with Gasteiger partial charge in [-0.2, -0.15) is 0 Å². The van der Waals surface area contributed by atoms with E-state index < -0.39 is 0 Å². The summed E-state index contributed by atoms with van der Waals surface area (Å²) in [7, 11) is 0. The monoisotopic (exact) mass is 329 g/mol. The van der Waals surface area contributed by atoms with Crippen LogP contribution in [0.5, 0.6) is 0 Å². The Hall–Kier alpha value is -1.62. The quantitative estimate of drug-likeness (QED) is 0.845. The minimum absolute atomic E-state index is 0.224. The number of thiophene rings is 1. The molecular formula is C18H23N3OS. The van der Waals surface area contributed by atoms with Crippen LogP contribution in [0.3, 0.4) is 0 Å². The Bertz CT molecular complexity index is 691. The number of hydrogen-bond acceptors (Lipinski definition) is 3. The summed E-state index contributed by atoms with van der Waals surface area (Å²) in [5.41, 5.74) is 1.42. The molecule has 3 heterocycles. The number of piperidine rings is 1. The number of aryl methyl sites for hydroxylation is 1. The first kappa shape index (κ1) is 14.9. The third kappa shape index (κ3) is 2.94. The summed E-state index contributed by atoms with van der Waals surface area (Å²) < 4.78 is 2.14. The Kier molecular flexibility index (Phi) is 3.97. The molecule has 0 radical (unpaired) electrons. The normalized spacial score (nSPS) is 24.5. The molecule has 2 aliphatic rings. The van der Waals surface area contributed by atoms with Gasteiger partial charge in [0.15, 0.2) is 0 Å². The van der Waals surface area contributed by atoms with Crippen molar-refractivity contribution in [3.63, 3.8) is 0 Å². The molecule has 4 nitrogen and oxygen atoms in total. The van der Waals surface area contributed by atoms with Crippen molar-refractivity contribution >= 4 is 17.2 Å². The number of imidazole rings is 1. The van der Waals surface area contributed by atoms with Gasteiger partial charge in [-0.3, -0.25) is 4.79 Å². The zero-order valence-corrected chi connectivity index (χ0v) is 14.4. The van der Waals surface area contributed by atoms with E-state index in [1.54, 1.807) is 11.3 Å². The van der Waals surface area contributed by atoms with Gasteiger partial charge in [0.2, 0.25) is 0 Å². The molecule has 122 valence electrons. The summed E-state index contributed by atoms with van der Waals surface area (Å²) in [5, 5.41) is 0. The van der Waals surface area contributed by atoms with Gasteiger partial charge in [-0.1, -0.05) is 6.92 Å². The fourth-order valence-electron chi connectivity index (χ4n) is 3.84. The lowest BCUT2D eigenvalue weighted by atomic mass is 9.90. The minimum atomic E-state index is 0.224. The summed E-state index contributed by atoms with van der Waals surface area (Å²) in [6, 6.07) is 2.53. The molecule has 4 rings (SSSR count). The van der Waals surface area contributed by atoms with Crippen LogP contribution < -0.4 is 0 Å². The third-order valence-corrected chi connectivity index (χ3v) is 6.40. The van der Waals surface area contributed by atoms with Gasteiger partial charge in [-0.05, 0) is 49.7 Å². The molecule has 2 aromatic heterocycles. The topological polar surface area (TPSA) is 38.1 Å². The van der Waals surface area contributed by atoms with Crippen molar-refractivity contribution in [3.8, 4) is 0 Å². The molecule has 0 aromatic carbocycles. The average molecular weight is 329 g/mol. The highest BCUT2D eigenvalue weighted by atomic mass is 32.1. The molecule has 1 saturated heterocycles. The van der Waals surface area contributed by atoms with Gasteiger partial charge < -0.3 is 9.47 Å². The molecule has 5 heteroatoms. The van der Waals surface area contributed by atoms with Gasteiger partial charge in [-0.25, -0.2) is 4.98 Å². The average Bonchev–Trinajstić information content (AvgIpc) is 3.23. The van der Waals surface area contributed by atoms with E-state index in [0.29, 0.717) is 6.04 Å². The van der Waals surface area contributed by atoms with Crippen LogP contribution in [0.2, 0.25) is 0 Å². The summed E-state index contributed by atoms with van der Waals surface area (Å²) in [4.78, 5) is 21.5. The van der Waals surface area contributed by atoms with E-state index >= 15 is 0 Å². The molecule has 23 heavy (non-hydrogen) atoms. The standard InChI is InChI=1S/C18H23N3OS/c1-13-4-5-16-14(9-13)10-17(23-16)18(22)20-7-2-3-15(11-20)21-8-6-19-12-21/h6,8,10,12-13,15H,2-5,7,9,11H2,1H3/t13-,15-/m0/s1. The lowest BCUT2D eigenvalue weighted by Crippen LogP contribution is -2.40. The maximum Gasteiger partial charge on any atom is 0.264 e. The molecule has 0 N–H and O–H groups in total. The van der Waals surface area contributed by atoms with Crippen LogP contribution in [0, 0.1) is 5.92 Å². The van der Waals surface area contributed by atoms with Crippen molar-refractivity contribution in [3.05, 3.63) is 40.1 Å². The van der Waals surface area contributed by atoms with Crippen LogP contribution in [0.15, 0.2) is 24.8 Å². The molecule has 0 saturated carbocycles.